The average Bonchev–Trinajstić information content (AvgIpc) is 2.63. The van der Waals surface area contributed by atoms with Crippen LogP contribution in [0.1, 0.15) is 40.2 Å². The molecule has 0 bridgehead atoms. The number of hydrogen-bond acceptors (Lipinski definition) is 0. The summed E-state index contributed by atoms with van der Waals surface area (Å²) in [6.45, 7) is 12.4. The van der Waals surface area contributed by atoms with Crippen molar-refractivity contribution in [2.75, 3.05) is 0 Å². The Morgan fingerprint density at radius 2 is 1.75 bits per heavy atom. The van der Waals surface area contributed by atoms with Gasteiger partial charge >= 0.3 is 0 Å². The van der Waals surface area contributed by atoms with Crippen LogP contribution in [0.2, 0.25) is 0 Å². The van der Waals surface area contributed by atoms with Gasteiger partial charge in [0.2, 0.25) is 0 Å². The van der Waals surface area contributed by atoms with E-state index in [9.17, 15) is 0 Å². The van der Waals surface area contributed by atoms with E-state index < -0.39 is 0 Å². The van der Waals surface area contributed by atoms with Crippen LogP contribution in [0.4, 0.5) is 0 Å². The van der Waals surface area contributed by atoms with Gasteiger partial charge in [0.15, 0.2) is 0 Å². The third-order valence-electron chi connectivity index (χ3n) is 5.60. The van der Waals surface area contributed by atoms with Crippen LogP contribution in [-0.4, -0.2) is 4.57 Å². The quantitative estimate of drug-likeness (QED) is 0.666. The van der Waals surface area contributed by atoms with E-state index in [1.807, 2.05) is 0 Å². The zero-order valence-corrected chi connectivity index (χ0v) is 11.0. The van der Waals surface area contributed by atoms with Gasteiger partial charge in [0.1, 0.15) is 0 Å². The molecule has 0 radical (unpaired) electrons. The van der Waals surface area contributed by atoms with Crippen molar-refractivity contribution in [1.82, 2.24) is 4.57 Å². The molecule has 0 N–H and O–H groups in total. The summed E-state index contributed by atoms with van der Waals surface area (Å²) in [5.74, 6) is 2.67. The van der Waals surface area contributed by atoms with Crippen LogP contribution in [0.25, 0.3) is 0 Å². The third kappa shape index (κ3) is 1.03. The monoisotopic (exact) mass is 215 g/mol. The summed E-state index contributed by atoms with van der Waals surface area (Å²) in [6, 6.07) is 2.22. The summed E-state index contributed by atoms with van der Waals surface area (Å²) in [7, 11) is 0. The van der Waals surface area contributed by atoms with E-state index in [1.54, 1.807) is 0 Å². The Kier molecular flexibility index (Phi) is 2.08. The van der Waals surface area contributed by atoms with Crippen LogP contribution in [0.15, 0.2) is 18.5 Å². The lowest BCUT2D eigenvalue weighted by molar-refractivity contribution is 0.457. The van der Waals surface area contributed by atoms with E-state index in [0.717, 1.165) is 0 Å². The summed E-state index contributed by atoms with van der Waals surface area (Å²) in [4.78, 5) is 0. The first-order valence-corrected chi connectivity index (χ1v) is 5.89. The van der Waals surface area contributed by atoms with E-state index in [0.29, 0.717) is 17.4 Å². The highest BCUT2D eigenvalue weighted by molar-refractivity contribution is 5.41. The topological polar surface area (TPSA) is 4.93 Å². The van der Waals surface area contributed by atoms with Crippen LogP contribution in [0, 0.1) is 23.2 Å². The standard InChI is InChI=1S/C15H21N/c1-7-9-16-10-8-12(11-16)15(6)13(2,3)14(15,4)5/h1,8,10-11H,9H2,2-6H3. The minimum absolute atomic E-state index is 0.264. The second-order valence-corrected chi connectivity index (χ2v) is 6.15. The van der Waals surface area contributed by atoms with Crippen LogP contribution in [0.3, 0.4) is 0 Å². The van der Waals surface area contributed by atoms with Gasteiger partial charge in [0.05, 0.1) is 6.54 Å². The zero-order valence-electron chi connectivity index (χ0n) is 11.0. The van der Waals surface area contributed by atoms with Crippen molar-refractivity contribution in [2.45, 2.75) is 46.6 Å². The maximum absolute atomic E-state index is 5.33. The molecule has 1 nitrogen and oxygen atoms in total. The molecule has 0 aliphatic heterocycles. The molecule has 0 aromatic carbocycles. The molecule has 0 unspecified atom stereocenters. The average molecular weight is 215 g/mol. The Balaban J connectivity index is 2.37. The van der Waals surface area contributed by atoms with Crippen molar-refractivity contribution in [3.05, 3.63) is 24.0 Å². The Morgan fingerprint density at radius 3 is 2.19 bits per heavy atom. The maximum atomic E-state index is 5.33. The van der Waals surface area contributed by atoms with Crippen molar-refractivity contribution in [3.8, 4) is 12.3 Å². The number of rotatable bonds is 2. The fraction of sp³-hybridized carbons (Fsp3) is 0.600. The Labute approximate surface area is 98.9 Å². The predicted molar refractivity (Wildman–Crippen MR) is 68.2 cm³/mol. The van der Waals surface area contributed by atoms with Gasteiger partial charge in [-0.05, 0) is 22.5 Å². The van der Waals surface area contributed by atoms with Gasteiger partial charge in [-0.2, -0.15) is 0 Å². The molecule has 1 aromatic rings. The van der Waals surface area contributed by atoms with E-state index in [2.05, 4.69) is 63.6 Å². The molecule has 0 spiro atoms. The molecule has 0 amide bonds. The zero-order chi connectivity index (χ0) is 12.2. The number of terminal acetylenes is 1. The molecule has 0 atom stereocenters. The maximum Gasteiger partial charge on any atom is 0.0829 e. The molecule has 1 aliphatic carbocycles. The van der Waals surface area contributed by atoms with Gasteiger partial charge in [0.25, 0.3) is 0 Å². The minimum atomic E-state index is 0.264. The third-order valence-corrected chi connectivity index (χ3v) is 5.60. The van der Waals surface area contributed by atoms with Gasteiger partial charge in [-0.1, -0.05) is 40.5 Å². The van der Waals surface area contributed by atoms with E-state index in [-0.39, 0.29) is 5.41 Å². The highest BCUT2D eigenvalue weighted by Gasteiger charge is 2.74. The van der Waals surface area contributed by atoms with Crippen molar-refractivity contribution >= 4 is 0 Å². The first kappa shape index (κ1) is 11.3. The second kappa shape index (κ2) is 2.94. The first-order chi connectivity index (χ1) is 7.29. The van der Waals surface area contributed by atoms with Crippen LogP contribution in [0.5, 0.6) is 0 Å². The molecule has 1 aliphatic rings. The molecule has 1 fully saturated rings. The van der Waals surface area contributed by atoms with E-state index >= 15 is 0 Å². The normalized spacial score (nSPS) is 23.8. The second-order valence-electron chi connectivity index (χ2n) is 6.15. The van der Waals surface area contributed by atoms with Gasteiger partial charge in [-0.3, -0.25) is 0 Å². The Bertz CT molecular complexity index is 440. The summed E-state index contributed by atoms with van der Waals surface area (Å²) in [5.41, 5.74) is 2.38. The van der Waals surface area contributed by atoms with Crippen molar-refractivity contribution in [1.29, 1.82) is 0 Å². The summed E-state index contributed by atoms with van der Waals surface area (Å²) in [6.07, 6.45) is 9.62. The van der Waals surface area contributed by atoms with Gasteiger partial charge in [-0.15, -0.1) is 6.42 Å². The van der Waals surface area contributed by atoms with Crippen LogP contribution >= 0.6 is 0 Å². The van der Waals surface area contributed by atoms with Crippen molar-refractivity contribution in [3.63, 3.8) is 0 Å². The van der Waals surface area contributed by atoms with Crippen molar-refractivity contribution < 1.29 is 0 Å². The molecular weight excluding hydrogens is 194 g/mol. The van der Waals surface area contributed by atoms with Gasteiger partial charge in [0, 0.05) is 17.8 Å². The fourth-order valence-electron chi connectivity index (χ4n) is 3.26. The lowest BCUT2D eigenvalue weighted by atomic mass is 9.90. The lowest BCUT2D eigenvalue weighted by Gasteiger charge is -2.13. The molecule has 86 valence electrons. The molecule has 1 heteroatoms. The summed E-state index contributed by atoms with van der Waals surface area (Å²) in [5, 5.41) is 0. The molecule has 2 rings (SSSR count). The Morgan fingerprint density at radius 1 is 1.19 bits per heavy atom. The molecule has 0 saturated heterocycles. The Hall–Kier alpha value is -1.16. The van der Waals surface area contributed by atoms with Crippen molar-refractivity contribution in [2.24, 2.45) is 10.8 Å². The van der Waals surface area contributed by atoms with E-state index in [1.165, 1.54) is 5.56 Å². The van der Waals surface area contributed by atoms with Gasteiger partial charge < -0.3 is 4.57 Å². The van der Waals surface area contributed by atoms with Crippen LogP contribution in [-0.2, 0) is 12.0 Å². The van der Waals surface area contributed by atoms with Crippen LogP contribution < -0.4 is 0 Å². The summed E-state index contributed by atoms with van der Waals surface area (Å²) >= 11 is 0. The highest BCUT2D eigenvalue weighted by atomic mass is 14.9. The smallest absolute Gasteiger partial charge is 0.0829 e. The number of nitrogens with zero attached hydrogens (tertiary/aromatic N) is 1. The summed E-state index contributed by atoms with van der Waals surface area (Å²) < 4.78 is 2.09. The molecule has 16 heavy (non-hydrogen) atoms. The first-order valence-electron chi connectivity index (χ1n) is 5.89. The fourth-order valence-corrected chi connectivity index (χ4v) is 3.26. The highest BCUT2D eigenvalue weighted by Crippen LogP contribution is 2.77. The molecule has 1 heterocycles. The molecular formula is C15H21N. The predicted octanol–water partition coefficient (Wildman–Crippen LogP) is 3.45. The number of hydrogen-bond donors (Lipinski definition) is 0. The lowest BCUT2D eigenvalue weighted by Crippen LogP contribution is -2.10. The molecule has 1 saturated carbocycles. The molecule has 1 aromatic heterocycles. The van der Waals surface area contributed by atoms with Gasteiger partial charge in [-0.25, -0.2) is 0 Å². The van der Waals surface area contributed by atoms with E-state index in [4.69, 9.17) is 6.42 Å². The largest absolute Gasteiger partial charge is 0.343 e. The minimum Gasteiger partial charge on any atom is -0.343 e. The SMILES string of the molecule is C#CCn1ccc(C2(C)C(C)(C)C2(C)C)c1. The number of aromatic nitrogens is 1.